The molecule has 1 aromatic heterocycles. The zero-order valence-electron chi connectivity index (χ0n) is 11.1. The maximum atomic E-state index is 10.9. The molecule has 0 spiro atoms. The molecule has 0 fully saturated rings. The zero-order valence-corrected chi connectivity index (χ0v) is 12.8. The summed E-state index contributed by atoms with van der Waals surface area (Å²) in [5.74, 6) is 0.520. The van der Waals surface area contributed by atoms with E-state index in [9.17, 15) is 8.42 Å². The highest BCUT2D eigenvalue weighted by atomic mass is 32.2. The first-order chi connectivity index (χ1) is 8.40. The van der Waals surface area contributed by atoms with Crippen molar-refractivity contribution in [1.29, 1.82) is 0 Å². The summed E-state index contributed by atoms with van der Waals surface area (Å²) in [7, 11) is -3.06. The standard InChI is InChI=1S/C12H22N2O2S2/c1-10(2)12(11-6-4-9-17-11)13-7-5-8-14-18(3,15)16/h4,6,9-10,12-14H,5,7-8H2,1-3H3/t12-/m0/s1. The van der Waals surface area contributed by atoms with Crippen molar-refractivity contribution in [1.82, 2.24) is 10.0 Å². The Balaban J connectivity index is 2.32. The van der Waals surface area contributed by atoms with Crippen molar-refractivity contribution in [3.05, 3.63) is 22.4 Å². The van der Waals surface area contributed by atoms with E-state index in [1.807, 2.05) is 0 Å². The maximum absolute atomic E-state index is 10.9. The second-order valence-electron chi connectivity index (χ2n) is 4.71. The second-order valence-corrected chi connectivity index (χ2v) is 7.52. The number of thiophene rings is 1. The van der Waals surface area contributed by atoms with E-state index in [-0.39, 0.29) is 0 Å². The Morgan fingerprint density at radius 1 is 1.33 bits per heavy atom. The molecule has 0 aliphatic heterocycles. The van der Waals surface area contributed by atoms with Gasteiger partial charge >= 0.3 is 0 Å². The third-order valence-corrected chi connectivity index (χ3v) is 4.28. The Labute approximate surface area is 114 Å². The fourth-order valence-electron chi connectivity index (χ4n) is 1.74. The van der Waals surface area contributed by atoms with E-state index in [4.69, 9.17) is 0 Å². The van der Waals surface area contributed by atoms with E-state index in [0.29, 0.717) is 18.5 Å². The highest BCUT2D eigenvalue weighted by Gasteiger charge is 2.15. The van der Waals surface area contributed by atoms with Crippen LogP contribution in [0.1, 0.15) is 31.2 Å². The van der Waals surface area contributed by atoms with Gasteiger partial charge in [0.2, 0.25) is 10.0 Å². The van der Waals surface area contributed by atoms with E-state index in [2.05, 4.69) is 41.4 Å². The molecule has 4 nitrogen and oxygen atoms in total. The van der Waals surface area contributed by atoms with E-state index in [1.54, 1.807) is 11.3 Å². The average Bonchev–Trinajstić information content (AvgIpc) is 2.74. The van der Waals surface area contributed by atoms with Gasteiger partial charge in [0, 0.05) is 17.5 Å². The van der Waals surface area contributed by atoms with Gasteiger partial charge < -0.3 is 5.32 Å². The summed E-state index contributed by atoms with van der Waals surface area (Å²) in [4.78, 5) is 1.33. The third-order valence-electron chi connectivity index (χ3n) is 2.60. The van der Waals surface area contributed by atoms with Crippen molar-refractivity contribution in [3.8, 4) is 0 Å². The molecule has 0 radical (unpaired) electrons. The number of sulfonamides is 1. The molecule has 1 atom stereocenters. The van der Waals surface area contributed by atoms with Crippen molar-refractivity contribution in [2.75, 3.05) is 19.3 Å². The molecule has 2 N–H and O–H groups in total. The molecule has 0 unspecified atom stereocenters. The van der Waals surface area contributed by atoms with Crippen molar-refractivity contribution in [3.63, 3.8) is 0 Å². The summed E-state index contributed by atoms with van der Waals surface area (Å²) in [6.07, 6.45) is 1.98. The zero-order chi connectivity index (χ0) is 13.6. The number of rotatable bonds is 8. The van der Waals surface area contributed by atoms with Crippen LogP contribution in [0.4, 0.5) is 0 Å². The van der Waals surface area contributed by atoms with Crippen LogP contribution in [0, 0.1) is 5.92 Å². The first-order valence-corrected chi connectivity index (χ1v) is 8.88. The van der Waals surface area contributed by atoms with Gasteiger partial charge in [0.1, 0.15) is 0 Å². The first kappa shape index (κ1) is 15.6. The highest BCUT2D eigenvalue weighted by molar-refractivity contribution is 7.88. The number of hydrogen-bond donors (Lipinski definition) is 2. The average molecular weight is 290 g/mol. The molecule has 0 bridgehead atoms. The monoisotopic (exact) mass is 290 g/mol. The molecule has 104 valence electrons. The van der Waals surface area contributed by atoms with Crippen LogP contribution in [-0.4, -0.2) is 27.8 Å². The fraction of sp³-hybridized carbons (Fsp3) is 0.667. The quantitative estimate of drug-likeness (QED) is 0.720. The minimum absolute atomic E-state index is 0.350. The van der Waals surface area contributed by atoms with E-state index >= 15 is 0 Å². The van der Waals surface area contributed by atoms with Gasteiger partial charge in [0.05, 0.1) is 6.26 Å². The summed E-state index contributed by atoms with van der Waals surface area (Å²) >= 11 is 1.75. The van der Waals surface area contributed by atoms with E-state index in [1.165, 1.54) is 11.1 Å². The lowest BCUT2D eigenvalue weighted by Crippen LogP contribution is -2.29. The number of hydrogen-bond acceptors (Lipinski definition) is 4. The summed E-state index contributed by atoms with van der Waals surface area (Å²) in [5, 5.41) is 5.56. The lowest BCUT2D eigenvalue weighted by atomic mass is 10.0. The van der Waals surface area contributed by atoms with E-state index in [0.717, 1.165) is 13.0 Å². The minimum atomic E-state index is -3.06. The molecule has 0 amide bonds. The Kier molecular flexibility index (Phi) is 6.28. The summed E-state index contributed by atoms with van der Waals surface area (Å²) < 4.78 is 24.3. The van der Waals surface area contributed by atoms with Crippen LogP contribution in [0.3, 0.4) is 0 Å². The van der Waals surface area contributed by atoms with Gasteiger partial charge in [0.15, 0.2) is 0 Å². The van der Waals surface area contributed by atoms with Crippen molar-refractivity contribution >= 4 is 21.4 Å². The van der Waals surface area contributed by atoms with Crippen LogP contribution >= 0.6 is 11.3 Å². The third kappa shape index (κ3) is 5.95. The lowest BCUT2D eigenvalue weighted by molar-refractivity contribution is 0.415. The maximum Gasteiger partial charge on any atom is 0.208 e. The minimum Gasteiger partial charge on any atom is -0.309 e. The Hall–Kier alpha value is -0.430. The van der Waals surface area contributed by atoms with Crippen LogP contribution in [0.25, 0.3) is 0 Å². The summed E-state index contributed by atoms with van der Waals surface area (Å²) in [6, 6.07) is 4.54. The Morgan fingerprint density at radius 2 is 2.06 bits per heavy atom. The molecule has 0 saturated heterocycles. The molecule has 0 saturated carbocycles. The molecule has 0 aliphatic rings. The van der Waals surface area contributed by atoms with Gasteiger partial charge in [-0.15, -0.1) is 11.3 Å². The summed E-state index contributed by atoms with van der Waals surface area (Å²) in [5.41, 5.74) is 0. The molecular weight excluding hydrogens is 268 g/mol. The predicted molar refractivity (Wildman–Crippen MR) is 77.4 cm³/mol. The van der Waals surface area contributed by atoms with Crippen molar-refractivity contribution < 1.29 is 8.42 Å². The van der Waals surface area contributed by atoms with Crippen molar-refractivity contribution in [2.45, 2.75) is 26.3 Å². The van der Waals surface area contributed by atoms with Crippen LogP contribution in [-0.2, 0) is 10.0 Å². The molecule has 0 aromatic carbocycles. The van der Waals surface area contributed by atoms with E-state index < -0.39 is 10.0 Å². The molecule has 6 heteroatoms. The topological polar surface area (TPSA) is 58.2 Å². The lowest BCUT2D eigenvalue weighted by Gasteiger charge is -2.21. The van der Waals surface area contributed by atoms with Gasteiger partial charge in [0.25, 0.3) is 0 Å². The van der Waals surface area contributed by atoms with Crippen LogP contribution < -0.4 is 10.0 Å². The normalized spacial score (nSPS) is 14.0. The Morgan fingerprint density at radius 3 is 2.56 bits per heavy atom. The molecule has 18 heavy (non-hydrogen) atoms. The second kappa shape index (κ2) is 7.23. The van der Waals surface area contributed by atoms with Gasteiger partial charge in [-0.1, -0.05) is 19.9 Å². The number of nitrogens with one attached hydrogen (secondary N) is 2. The predicted octanol–water partition coefficient (Wildman–Crippen LogP) is 1.97. The smallest absolute Gasteiger partial charge is 0.208 e. The molecular formula is C12H22N2O2S2. The van der Waals surface area contributed by atoms with Gasteiger partial charge in [-0.25, -0.2) is 13.1 Å². The molecule has 1 aromatic rings. The Bertz CT molecular complexity index is 427. The van der Waals surface area contributed by atoms with Crippen LogP contribution in [0.2, 0.25) is 0 Å². The molecule has 1 heterocycles. The SMILES string of the molecule is CC(C)[C@H](NCCCNS(C)(=O)=O)c1cccs1. The highest BCUT2D eigenvalue weighted by Crippen LogP contribution is 2.25. The van der Waals surface area contributed by atoms with Gasteiger partial charge in [-0.3, -0.25) is 0 Å². The first-order valence-electron chi connectivity index (χ1n) is 6.11. The van der Waals surface area contributed by atoms with Crippen molar-refractivity contribution in [2.24, 2.45) is 5.92 Å². The molecule has 0 aliphatic carbocycles. The van der Waals surface area contributed by atoms with Gasteiger partial charge in [-0.2, -0.15) is 0 Å². The van der Waals surface area contributed by atoms with Gasteiger partial charge in [-0.05, 0) is 30.3 Å². The summed E-state index contributed by atoms with van der Waals surface area (Å²) in [6.45, 7) is 5.67. The fourth-order valence-corrected chi connectivity index (χ4v) is 3.23. The van der Waals surface area contributed by atoms with Crippen LogP contribution in [0.15, 0.2) is 17.5 Å². The molecule has 1 rings (SSSR count). The largest absolute Gasteiger partial charge is 0.309 e. The van der Waals surface area contributed by atoms with Crippen LogP contribution in [0.5, 0.6) is 0 Å².